The van der Waals surface area contributed by atoms with Gasteiger partial charge in [0.25, 0.3) is 0 Å². The predicted octanol–water partition coefficient (Wildman–Crippen LogP) is 3.52. The number of hydrogen-bond donors (Lipinski definition) is 1. The van der Waals surface area contributed by atoms with E-state index in [0.717, 1.165) is 24.4 Å². The van der Waals surface area contributed by atoms with Crippen LogP contribution in [0, 0.1) is 0 Å². The molecule has 0 aliphatic heterocycles. The Hall–Kier alpha value is -2.03. The van der Waals surface area contributed by atoms with Crippen molar-refractivity contribution in [3.63, 3.8) is 0 Å². The quantitative estimate of drug-likeness (QED) is 0.858. The van der Waals surface area contributed by atoms with E-state index in [1.165, 1.54) is 5.56 Å². The number of nitrogens with zero attached hydrogens (tertiary/aromatic N) is 1. The van der Waals surface area contributed by atoms with Gasteiger partial charge in [-0.25, -0.2) is 4.98 Å². The minimum atomic E-state index is 0.351. The van der Waals surface area contributed by atoms with Crippen LogP contribution in [0.2, 0.25) is 0 Å². The lowest BCUT2D eigenvalue weighted by Crippen LogP contribution is -2.17. The second-order valence-electron chi connectivity index (χ2n) is 4.62. The molecule has 0 bridgehead atoms. The Morgan fingerprint density at radius 3 is 2.68 bits per heavy atom. The molecule has 19 heavy (non-hydrogen) atoms. The van der Waals surface area contributed by atoms with Gasteiger partial charge in [0, 0.05) is 12.2 Å². The molecule has 0 saturated heterocycles. The molecule has 1 aromatic heterocycles. The maximum atomic E-state index is 5.28. The largest absolute Gasteiger partial charge is 0.493 e. The van der Waals surface area contributed by atoms with E-state index in [0.29, 0.717) is 6.04 Å². The monoisotopic (exact) mass is 256 g/mol. The maximum absolute atomic E-state index is 5.28. The average molecular weight is 256 g/mol. The average Bonchev–Trinajstić information content (AvgIpc) is 2.47. The zero-order valence-electron chi connectivity index (χ0n) is 11.5. The SMILES string of the molecule is COc1cccnc1NC(C)CCc1ccccc1. The molecule has 1 heterocycles. The van der Waals surface area contributed by atoms with Crippen LogP contribution in [0.3, 0.4) is 0 Å². The van der Waals surface area contributed by atoms with Crippen molar-refractivity contribution < 1.29 is 4.74 Å². The van der Waals surface area contributed by atoms with E-state index >= 15 is 0 Å². The molecule has 3 heteroatoms. The number of rotatable bonds is 6. The van der Waals surface area contributed by atoms with Crippen LogP contribution in [0.5, 0.6) is 5.75 Å². The first-order chi connectivity index (χ1) is 9.29. The van der Waals surface area contributed by atoms with Crippen LogP contribution in [-0.2, 0) is 6.42 Å². The highest BCUT2D eigenvalue weighted by atomic mass is 16.5. The second kappa shape index (κ2) is 6.78. The summed E-state index contributed by atoms with van der Waals surface area (Å²) in [6, 6.07) is 14.7. The Bertz CT molecular complexity index is 499. The number of nitrogens with one attached hydrogen (secondary N) is 1. The molecule has 1 unspecified atom stereocenters. The Morgan fingerprint density at radius 2 is 1.95 bits per heavy atom. The van der Waals surface area contributed by atoms with Crippen molar-refractivity contribution in [2.45, 2.75) is 25.8 Å². The number of benzene rings is 1. The van der Waals surface area contributed by atoms with E-state index in [4.69, 9.17) is 4.74 Å². The van der Waals surface area contributed by atoms with Gasteiger partial charge in [-0.2, -0.15) is 0 Å². The lowest BCUT2D eigenvalue weighted by Gasteiger charge is -2.16. The van der Waals surface area contributed by atoms with Crippen molar-refractivity contribution in [2.24, 2.45) is 0 Å². The topological polar surface area (TPSA) is 34.1 Å². The number of hydrogen-bond acceptors (Lipinski definition) is 3. The fraction of sp³-hybridized carbons (Fsp3) is 0.312. The summed E-state index contributed by atoms with van der Waals surface area (Å²) in [7, 11) is 1.66. The van der Waals surface area contributed by atoms with Crippen LogP contribution >= 0.6 is 0 Å². The van der Waals surface area contributed by atoms with E-state index in [2.05, 4.69) is 41.5 Å². The fourth-order valence-electron chi connectivity index (χ4n) is 2.00. The smallest absolute Gasteiger partial charge is 0.168 e. The summed E-state index contributed by atoms with van der Waals surface area (Å²) in [6.45, 7) is 2.16. The molecule has 1 aromatic carbocycles. The second-order valence-corrected chi connectivity index (χ2v) is 4.62. The molecule has 0 radical (unpaired) electrons. The lowest BCUT2D eigenvalue weighted by molar-refractivity contribution is 0.414. The van der Waals surface area contributed by atoms with Gasteiger partial charge in [-0.1, -0.05) is 30.3 Å². The maximum Gasteiger partial charge on any atom is 0.168 e. The third-order valence-corrected chi connectivity index (χ3v) is 3.08. The lowest BCUT2D eigenvalue weighted by atomic mass is 10.1. The molecule has 0 amide bonds. The van der Waals surface area contributed by atoms with Crippen molar-refractivity contribution in [1.82, 2.24) is 4.98 Å². The van der Waals surface area contributed by atoms with Gasteiger partial charge in [-0.05, 0) is 37.5 Å². The van der Waals surface area contributed by atoms with Gasteiger partial charge < -0.3 is 10.1 Å². The minimum absolute atomic E-state index is 0.351. The first-order valence-corrected chi connectivity index (χ1v) is 6.59. The minimum Gasteiger partial charge on any atom is -0.493 e. The fourth-order valence-corrected chi connectivity index (χ4v) is 2.00. The number of ether oxygens (including phenoxy) is 1. The number of methoxy groups -OCH3 is 1. The standard InChI is InChI=1S/C16H20N2O/c1-13(10-11-14-7-4-3-5-8-14)18-16-15(19-2)9-6-12-17-16/h3-9,12-13H,10-11H2,1-2H3,(H,17,18). The van der Waals surface area contributed by atoms with Crippen molar-refractivity contribution in [1.29, 1.82) is 0 Å². The molecule has 3 nitrogen and oxygen atoms in total. The molecule has 0 aliphatic carbocycles. The number of pyridine rings is 1. The molecule has 0 saturated carbocycles. The van der Waals surface area contributed by atoms with Crippen LogP contribution in [0.4, 0.5) is 5.82 Å². The summed E-state index contributed by atoms with van der Waals surface area (Å²) in [5.41, 5.74) is 1.36. The number of aromatic nitrogens is 1. The third-order valence-electron chi connectivity index (χ3n) is 3.08. The Balaban J connectivity index is 1.89. The van der Waals surface area contributed by atoms with Gasteiger partial charge in [0.05, 0.1) is 7.11 Å². The summed E-state index contributed by atoms with van der Waals surface area (Å²) >= 11 is 0. The van der Waals surface area contributed by atoms with E-state index in [1.54, 1.807) is 13.3 Å². The summed E-state index contributed by atoms with van der Waals surface area (Å²) in [4.78, 5) is 4.31. The number of anilines is 1. The molecule has 1 atom stereocenters. The van der Waals surface area contributed by atoms with Crippen molar-refractivity contribution in [3.8, 4) is 5.75 Å². The van der Waals surface area contributed by atoms with Gasteiger partial charge in [-0.3, -0.25) is 0 Å². The van der Waals surface area contributed by atoms with E-state index in [9.17, 15) is 0 Å². The third kappa shape index (κ3) is 3.98. The van der Waals surface area contributed by atoms with E-state index in [-0.39, 0.29) is 0 Å². The van der Waals surface area contributed by atoms with Gasteiger partial charge in [0.1, 0.15) is 0 Å². The van der Waals surface area contributed by atoms with Crippen LogP contribution in [0.25, 0.3) is 0 Å². The van der Waals surface area contributed by atoms with Crippen LogP contribution in [0.15, 0.2) is 48.7 Å². The Morgan fingerprint density at radius 1 is 1.16 bits per heavy atom. The highest BCUT2D eigenvalue weighted by molar-refractivity contribution is 5.49. The molecule has 2 rings (SSSR count). The Kier molecular flexibility index (Phi) is 4.78. The molecule has 0 aliphatic rings. The molecule has 2 aromatic rings. The highest BCUT2D eigenvalue weighted by Crippen LogP contribution is 2.21. The first-order valence-electron chi connectivity index (χ1n) is 6.59. The van der Waals surface area contributed by atoms with Gasteiger partial charge >= 0.3 is 0 Å². The first kappa shape index (κ1) is 13.4. The van der Waals surface area contributed by atoms with Crippen molar-refractivity contribution in [2.75, 3.05) is 12.4 Å². The zero-order chi connectivity index (χ0) is 13.5. The highest BCUT2D eigenvalue weighted by Gasteiger charge is 2.07. The van der Waals surface area contributed by atoms with Gasteiger partial charge in [-0.15, -0.1) is 0 Å². The molecule has 0 fully saturated rings. The van der Waals surface area contributed by atoms with Gasteiger partial charge in [0.15, 0.2) is 11.6 Å². The molecule has 100 valence electrons. The molecular weight excluding hydrogens is 236 g/mol. The summed E-state index contributed by atoms with van der Waals surface area (Å²) in [5.74, 6) is 1.60. The van der Waals surface area contributed by atoms with Crippen LogP contribution < -0.4 is 10.1 Å². The molecular formula is C16H20N2O. The predicted molar refractivity (Wildman–Crippen MR) is 78.6 cm³/mol. The number of aryl methyl sites for hydroxylation is 1. The van der Waals surface area contributed by atoms with Gasteiger partial charge in [0.2, 0.25) is 0 Å². The summed E-state index contributed by atoms with van der Waals surface area (Å²) in [6.07, 6.45) is 3.89. The normalized spacial score (nSPS) is 11.9. The van der Waals surface area contributed by atoms with Crippen molar-refractivity contribution in [3.05, 3.63) is 54.2 Å². The Labute approximate surface area is 114 Å². The van der Waals surface area contributed by atoms with Crippen LogP contribution in [-0.4, -0.2) is 18.1 Å². The van der Waals surface area contributed by atoms with Crippen molar-refractivity contribution >= 4 is 5.82 Å². The van der Waals surface area contributed by atoms with E-state index in [1.807, 2.05) is 18.2 Å². The van der Waals surface area contributed by atoms with Crippen LogP contribution in [0.1, 0.15) is 18.9 Å². The summed E-state index contributed by atoms with van der Waals surface area (Å²) in [5, 5.41) is 3.40. The van der Waals surface area contributed by atoms with E-state index < -0.39 is 0 Å². The summed E-state index contributed by atoms with van der Waals surface area (Å²) < 4.78 is 5.28. The zero-order valence-corrected chi connectivity index (χ0v) is 11.5. The molecule has 1 N–H and O–H groups in total. The molecule has 0 spiro atoms.